The molecule has 1 aromatic rings. The number of carbonyl (C=O) groups is 1. The molecule has 0 unspecified atom stereocenters. The predicted molar refractivity (Wildman–Crippen MR) is 44.8 cm³/mol. The second-order valence-electron chi connectivity index (χ2n) is 2.03. The minimum Gasteiger partial charge on any atom is -0.537 e. The molecule has 3 nitrogen and oxygen atoms in total. The molecule has 1 radical (unpaired) electrons. The molecule has 4 heteroatoms. The van der Waals surface area contributed by atoms with Crippen LogP contribution >= 0.6 is 0 Å². The summed E-state index contributed by atoms with van der Waals surface area (Å²) in [6, 6.07) is 9.17. The van der Waals surface area contributed by atoms with Crippen molar-refractivity contribution < 1.29 is 14.1 Å². The summed E-state index contributed by atoms with van der Waals surface area (Å²) < 4.78 is 9.67. The van der Waals surface area contributed by atoms with Crippen molar-refractivity contribution in [3.05, 3.63) is 30.3 Å². The van der Waals surface area contributed by atoms with Crippen LogP contribution in [-0.4, -0.2) is 20.6 Å². The molecule has 0 bridgehead atoms. The molecular formula is C8H8BO3. The van der Waals surface area contributed by atoms with Crippen LogP contribution in [0, 0.1) is 0 Å². The molecule has 0 saturated carbocycles. The van der Waals surface area contributed by atoms with Crippen LogP contribution in [-0.2, 0) is 9.45 Å². The third kappa shape index (κ3) is 3.21. The van der Waals surface area contributed by atoms with Gasteiger partial charge in [0.25, 0.3) is 0 Å². The van der Waals surface area contributed by atoms with Crippen LogP contribution in [0.15, 0.2) is 30.3 Å². The third-order valence-corrected chi connectivity index (χ3v) is 1.16. The van der Waals surface area contributed by atoms with E-state index in [0.29, 0.717) is 12.0 Å². The lowest BCUT2D eigenvalue weighted by atomic mass is 10.3. The van der Waals surface area contributed by atoms with Crippen molar-refractivity contribution >= 4 is 14.0 Å². The van der Waals surface area contributed by atoms with Crippen molar-refractivity contribution in [3.8, 4) is 5.75 Å². The summed E-state index contributed by atoms with van der Waals surface area (Å²) in [4.78, 5) is 9.82. The number of hydrogen-bond donors (Lipinski definition) is 0. The summed E-state index contributed by atoms with van der Waals surface area (Å²) in [5.74, 6) is 0.684. The highest BCUT2D eigenvalue weighted by Crippen LogP contribution is 2.06. The Balaban J connectivity index is 2.20. The number of benzene rings is 1. The molecule has 0 aliphatic rings. The molecule has 0 spiro atoms. The van der Waals surface area contributed by atoms with E-state index in [1.54, 1.807) is 12.1 Å². The van der Waals surface area contributed by atoms with E-state index in [0.717, 1.165) is 7.69 Å². The van der Waals surface area contributed by atoms with Crippen LogP contribution in [0.2, 0.25) is 0 Å². The first-order chi connectivity index (χ1) is 5.93. The van der Waals surface area contributed by atoms with Crippen molar-refractivity contribution in [2.45, 2.75) is 0 Å². The molecule has 0 atom stereocenters. The zero-order valence-corrected chi connectivity index (χ0v) is 6.47. The fraction of sp³-hybridized carbons (Fsp3) is 0.125. The van der Waals surface area contributed by atoms with Gasteiger partial charge in [0, 0.05) is 0 Å². The van der Waals surface area contributed by atoms with Crippen LogP contribution in [0.25, 0.3) is 0 Å². The molecule has 0 fully saturated rings. The van der Waals surface area contributed by atoms with E-state index >= 15 is 0 Å². The van der Waals surface area contributed by atoms with E-state index in [4.69, 9.17) is 4.65 Å². The largest absolute Gasteiger partial charge is 0.572 e. The van der Waals surface area contributed by atoms with Crippen molar-refractivity contribution in [2.24, 2.45) is 0 Å². The molecule has 61 valence electrons. The maximum absolute atomic E-state index is 9.82. The molecule has 0 aliphatic carbocycles. The number of carbonyl (C=O) groups excluding carboxylic acids is 1. The Bertz CT molecular complexity index is 225. The standard InChI is InChI=1S/C8H8BO3/c10-6-7-11-9-12-8-4-2-1-3-5-8/h1-6H,7H2. The molecule has 0 aromatic heterocycles. The minimum absolute atomic E-state index is 0.0207. The SMILES string of the molecule is O=CCO[B]Oc1ccccc1. The van der Waals surface area contributed by atoms with Gasteiger partial charge in [-0.3, -0.25) is 0 Å². The maximum Gasteiger partial charge on any atom is 0.572 e. The fourth-order valence-electron chi connectivity index (χ4n) is 0.667. The lowest BCUT2D eigenvalue weighted by Crippen LogP contribution is -2.08. The monoisotopic (exact) mass is 163 g/mol. The van der Waals surface area contributed by atoms with Gasteiger partial charge in [-0.1, -0.05) is 18.2 Å². The normalized spacial score (nSPS) is 9.00. The zero-order valence-electron chi connectivity index (χ0n) is 6.47. The van der Waals surface area contributed by atoms with Crippen molar-refractivity contribution in [3.63, 3.8) is 0 Å². The zero-order chi connectivity index (χ0) is 8.65. The quantitative estimate of drug-likeness (QED) is 0.366. The van der Waals surface area contributed by atoms with E-state index in [9.17, 15) is 4.79 Å². The summed E-state index contributed by atoms with van der Waals surface area (Å²) in [5, 5.41) is 0. The molecule has 0 N–H and O–H groups in total. The van der Waals surface area contributed by atoms with Crippen LogP contribution in [0.1, 0.15) is 0 Å². The van der Waals surface area contributed by atoms with Gasteiger partial charge in [0.15, 0.2) is 0 Å². The first-order valence-corrected chi connectivity index (χ1v) is 3.52. The first kappa shape index (κ1) is 8.81. The molecule has 0 aliphatic heterocycles. The average Bonchev–Trinajstić information content (AvgIpc) is 2.14. The van der Waals surface area contributed by atoms with Crippen molar-refractivity contribution in [1.82, 2.24) is 0 Å². The molecule has 1 aromatic carbocycles. The van der Waals surface area contributed by atoms with Gasteiger partial charge in [0.1, 0.15) is 6.29 Å². The summed E-state index contributed by atoms with van der Waals surface area (Å²) >= 11 is 0. The van der Waals surface area contributed by atoms with Gasteiger partial charge < -0.3 is 14.1 Å². The second-order valence-corrected chi connectivity index (χ2v) is 2.03. The molecule has 0 saturated heterocycles. The van der Waals surface area contributed by atoms with Gasteiger partial charge in [-0.15, -0.1) is 0 Å². The van der Waals surface area contributed by atoms with E-state index in [-0.39, 0.29) is 6.61 Å². The van der Waals surface area contributed by atoms with Gasteiger partial charge >= 0.3 is 7.69 Å². The highest BCUT2D eigenvalue weighted by atomic mass is 16.6. The molecular weight excluding hydrogens is 155 g/mol. The van der Waals surface area contributed by atoms with Gasteiger partial charge in [-0.2, -0.15) is 0 Å². The van der Waals surface area contributed by atoms with Gasteiger partial charge in [-0.05, 0) is 12.1 Å². The van der Waals surface area contributed by atoms with E-state index in [1.165, 1.54) is 0 Å². The Morgan fingerprint density at radius 3 is 2.75 bits per heavy atom. The van der Waals surface area contributed by atoms with E-state index < -0.39 is 0 Å². The number of hydrogen-bond acceptors (Lipinski definition) is 3. The van der Waals surface area contributed by atoms with Gasteiger partial charge in [-0.25, -0.2) is 0 Å². The van der Waals surface area contributed by atoms with E-state index in [2.05, 4.69) is 4.65 Å². The lowest BCUT2D eigenvalue weighted by molar-refractivity contribution is -0.109. The van der Waals surface area contributed by atoms with Crippen LogP contribution < -0.4 is 4.65 Å². The molecule has 12 heavy (non-hydrogen) atoms. The first-order valence-electron chi connectivity index (χ1n) is 3.52. The average molecular weight is 163 g/mol. The minimum atomic E-state index is 0.0207. The summed E-state index contributed by atoms with van der Waals surface area (Å²) in [5.41, 5.74) is 0. The van der Waals surface area contributed by atoms with Gasteiger partial charge in [0.05, 0.1) is 12.4 Å². The van der Waals surface area contributed by atoms with E-state index in [1.807, 2.05) is 18.2 Å². The molecule has 1 rings (SSSR count). The Labute approximate surface area is 71.6 Å². The van der Waals surface area contributed by atoms with Gasteiger partial charge in [0.2, 0.25) is 0 Å². The lowest BCUT2D eigenvalue weighted by Gasteiger charge is -2.01. The number of para-hydroxylation sites is 1. The Morgan fingerprint density at radius 2 is 2.08 bits per heavy atom. The second kappa shape index (κ2) is 5.38. The Kier molecular flexibility index (Phi) is 3.95. The summed E-state index contributed by atoms with van der Waals surface area (Å²) in [7, 11) is 1.14. The number of rotatable bonds is 5. The molecule has 0 heterocycles. The predicted octanol–water partition coefficient (Wildman–Crippen LogP) is 0.815. The topological polar surface area (TPSA) is 35.5 Å². The number of aldehydes is 1. The van der Waals surface area contributed by atoms with Crippen molar-refractivity contribution in [2.75, 3.05) is 6.61 Å². The molecule has 0 amide bonds. The van der Waals surface area contributed by atoms with Crippen LogP contribution in [0.4, 0.5) is 0 Å². The van der Waals surface area contributed by atoms with Crippen LogP contribution in [0.3, 0.4) is 0 Å². The van der Waals surface area contributed by atoms with Crippen LogP contribution in [0.5, 0.6) is 5.75 Å². The fourth-order valence-corrected chi connectivity index (χ4v) is 0.667. The Hall–Kier alpha value is -1.29. The smallest absolute Gasteiger partial charge is 0.537 e. The summed E-state index contributed by atoms with van der Waals surface area (Å²) in [6.07, 6.45) is 0.658. The highest BCUT2D eigenvalue weighted by molar-refractivity contribution is 6.19. The third-order valence-electron chi connectivity index (χ3n) is 1.16. The summed E-state index contributed by atoms with van der Waals surface area (Å²) in [6.45, 7) is 0.0207. The Morgan fingerprint density at radius 1 is 1.33 bits per heavy atom. The highest BCUT2D eigenvalue weighted by Gasteiger charge is 1.95. The van der Waals surface area contributed by atoms with Crippen molar-refractivity contribution in [1.29, 1.82) is 0 Å². The maximum atomic E-state index is 9.82.